The van der Waals surface area contributed by atoms with Crippen LogP contribution in [0.3, 0.4) is 0 Å². The fraction of sp³-hybridized carbons (Fsp3) is 0.211. The van der Waals surface area contributed by atoms with Gasteiger partial charge in [0.25, 0.3) is 5.91 Å². The molecule has 1 amide bonds. The van der Waals surface area contributed by atoms with Crippen LogP contribution in [0.25, 0.3) is 0 Å². The van der Waals surface area contributed by atoms with Gasteiger partial charge in [0.1, 0.15) is 5.76 Å². The molecule has 128 valence electrons. The molecule has 1 N–H and O–H groups in total. The number of rotatable bonds is 5. The van der Waals surface area contributed by atoms with Gasteiger partial charge >= 0.3 is 0 Å². The van der Waals surface area contributed by atoms with Crippen LogP contribution in [0.1, 0.15) is 38.6 Å². The second kappa shape index (κ2) is 7.17. The number of hydrogen-bond acceptors (Lipinski definition) is 4. The SMILES string of the molecule is Cc1nn(Cc2ccccc2)c(C)c1/C=N/NC(=O)c1ccoc1C. The Bertz CT molecular complexity index is 907. The minimum Gasteiger partial charge on any atom is -0.469 e. The summed E-state index contributed by atoms with van der Waals surface area (Å²) >= 11 is 0. The number of aryl methyl sites for hydroxylation is 2. The molecular formula is C19H20N4O2. The van der Waals surface area contributed by atoms with Crippen molar-refractivity contribution in [3.8, 4) is 0 Å². The van der Waals surface area contributed by atoms with Gasteiger partial charge in [-0.05, 0) is 32.4 Å². The van der Waals surface area contributed by atoms with E-state index in [0.717, 1.165) is 17.0 Å². The topological polar surface area (TPSA) is 72.4 Å². The van der Waals surface area contributed by atoms with Crippen molar-refractivity contribution >= 4 is 12.1 Å². The van der Waals surface area contributed by atoms with Crippen molar-refractivity contribution < 1.29 is 9.21 Å². The summed E-state index contributed by atoms with van der Waals surface area (Å²) in [6, 6.07) is 11.8. The van der Waals surface area contributed by atoms with Crippen LogP contribution in [-0.4, -0.2) is 21.9 Å². The number of carbonyl (C=O) groups is 1. The molecule has 0 aliphatic heterocycles. The van der Waals surface area contributed by atoms with Crippen LogP contribution >= 0.6 is 0 Å². The molecule has 2 heterocycles. The van der Waals surface area contributed by atoms with Crippen molar-refractivity contribution in [1.29, 1.82) is 0 Å². The normalized spacial score (nSPS) is 11.2. The Morgan fingerprint density at radius 1 is 1.24 bits per heavy atom. The molecule has 0 aliphatic carbocycles. The lowest BCUT2D eigenvalue weighted by Crippen LogP contribution is -2.17. The van der Waals surface area contributed by atoms with Crippen molar-refractivity contribution in [3.63, 3.8) is 0 Å². The maximum absolute atomic E-state index is 12.0. The smallest absolute Gasteiger partial charge is 0.274 e. The number of carbonyl (C=O) groups excluding carboxylic acids is 1. The summed E-state index contributed by atoms with van der Waals surface area (Å²) in [7, 11) is 0. The highest BCUT2D eigenvalue weighted by atomic mass is 16.3. The summed E-state index contributed by atoms with van der Waals surface area (Å²) in [6.07, 6.45) is 3.11. The van der Waals surface area contributed by atoms with Crippen molar-refractivity contribution in [3.05, 3.63) is 76.5 Å². The lowest BCUT2D eigenvalue weighted by Gasteiger charge is -2.04. The summed E-state index contributed by atoms with van der Waals surface area (Å²) in [5.74, 6) is 0.269. The first kappa shape index (κ1) is 16.7. The highest BCUT2D eigenvalue weighted by molar-refractivity contribution is 5.95. The highest BCUT2D eigenvalue weighted by Crippen LogP contribution is 2.13. The highest BCUT2D eigenvalue weighted by Gasteiger charge is 2.12. The van der Waals surface area contributed by atoms with Gasteiger partial charge in [0, 0.05) is 11.3 Å². The van der Waals surface area contributed by atoms with E-state index >= 15 is 0 Å². The maximum atomic E-state index is 12.0. The van der Waals surface area contributed by atoms with Gasteiger partial charge in [-0.1, -0.05) is 30.3 Å². The first-order chi connectivity index (χ1) is 12.1. The number of aromatic nitrogens is 2. The lowest BCUT2D eigenvalue weighted by molar-refractivity contribution is 0.0953. The fourth-order valence-electron chi connectivity index (χ4n) is 2.64. The van der Waals surface area contributed by atoms with E-state index in [4.69, 9.17) is 4.42 Å². The molecule has 0 unspecified atom stereocenters. The number of nitrogens with one attached hydrogen (secondary N) is 1. The number of furan rings is 1. The van der Waals surface area contributed by atoms with Crippen LogP contribution in [-0.2, 0) is 6.54 Å². The van der Waals surface area contributed by atoms with Crippen LogP contribution in [0, 0.1) is 20.8 Å². The van der Waals surface area contributed by atoms with E-state index in [0.29, 0.717) is 17.9 Å². The number of hydrogen-bond donors (Lipinski definition) is 1. The molecule has 0 saturated heterocycles. The average molecular weight is 336 g/mol. The van der Waals surface area contributed by atoms with Crippen LogP contribution in [0.2, 0.25) is 0 Å². The minimum absolute atomic E-state index is 0.297. The summed E-state index contributed by atoms with van der Waals surface area (Å²) < 4.78 is 7.06. The second-order valence-electron chi connectivity index (χ2n) is 5.82. The van der Waals surface area contributed by atoms with E-state index in [9.17, 15) is 4.79 Å². The van der Waals surface area contributed by atoms with Gasteiger partial charge in [0.15, 0.2) is 0 Å². The number of amides is 1. The third-order valence-electron chi connectivity index (χ3n) is 4.08. The molecule has 25 heavy (non-hydrogen) atoms. The molecule has 0 spiro atoms. The van der Waals surface area contributed by atoms with E-state index in [1.807, 2.05) is 36.7 Å². The van der Waals surface area contributed by atoms with E-state index < -0.39 is 0 Å². The number of nitrogens with zero attached hydrogens (tertiary/aromatic N) is 3. The summed E-state index contributed by atoms with van der Waals surface area (Å²) in [4.78, 5) is 12.0. The van der Waals surface area contributed by atoms with Gasteiger partial charge < -0.3 is 4.42 Å². The Kier molecular flexibility index (Phi) is 4.79. The summed E-state index contributed by atoms with van der Waals surface area (Å²) in [5.41, 5.74) is 6.95. The van der Waals surface area contributed by atoms with Gasteiger partial charge in [-0.15, -0.1) is 0 Å². The summed E-state index contributed by atoms with van der Waals surface area (Å²) in [5, 5.41) is 8.63. The minimum atomic E-state index is -0.297. The predicted molar refractivity (Wildman–Crippen MR) is 95.8 cm³/mol. The van der Waals surface area contributed by atoms with Crippen LogP contribution < -0.4 is 5.43 Å². The molecule has 0 saturated carbocycles. The first-order valence-electron chi connectivity index (χ1n) is 8.01. The standard InChI is InChI=1S/C19H20N4O2/c1-13-18(11-20-21-19(24)17-9-10-25-15(17)3)14(2)23(22-13)12-16-7-5-4-6-8-16/h4-11H,12H2,1-3H3,(H,21,24)/b20-11+. The fourth-order valence-corrected chi connectivity index (χ4v) is 2.64. The first-order valence-corrected chi connectivity index (χ1v) is 8.01. The number of hydrazone groups is 1. The Labute approximate surface area is 146 Å². The van der Waals surface area contributed by atoms with Crippen molar-refractivity contribution in [2.45, 2.75) is 27.3 Å². The van der Waals surface area contributed by atoms with E-state index in [2.05, 4.69) is 27.8 Å². The molecule has 0 bridgehead atoms. The van der Waals surface area contributed by atoms with Crippen LogP contribution in [0.5, 0.6) is 0 Å². The molecule has 0 fully saturated rings. The molecule has 3 aromatic rings. The Balaban J connectivity index is 1.72. The van der Waals surface area contributed by atoms with Gasteiger partial charge in [0.05, 0.1) is 30.3 Å². The Morgan fingerprint density at radius 3 is 2.68 bits per heavy atom. The molecule has 0 atom stereocenters. The van der Waals surface area contributed by atoms with Gasteiger partial charge in [-0.2, -0.15) is 10.2 Å². The summed E-state index contributed by atoms with van der Waals surface area (Å²) in [6.45, 7) is 6.35. The molecule has 0 radical (unpaired) electrons. The molecule has 3 rings (SSSR count). The average Bonchev–Trinajstić information content (AvgIpc) is 3.14. The third kappa shape index (κ3) is 3.68. The second-order valence-corrected chi connectivity index (χ2v) is 5.82. The predicted octanol–water partition coefficient (Wildman–Crippen LogP) is 3.21. The molecular weight excluding hydrogens is 316 g/mol. The van der Waals surface area contributed by atoms with E-state index in [-0.39, 0.29) is 5.91 Å². The van der Waals surface area contributed by atoms with Crippen LogP contribution in [0.4, 0.5) is 0 Å². The van der Waals surface area contributed by atoms with E-state index in [1.165, 1.54) is 11.8 Å². The molecule has 0 aliphatic rings. The van der Waals surface area contributed by atoms with Gasteiger partial charge in [-0.25, -0.2) is 5.43 Å². The zero-order valence-electron chi connectivity index (χ0n) is 14.5. The monoisotopic (exact) mass is 336 g/mol. The Morgan fingerprint density at radius 2 is 2.00 bits per heavy atom. The van der Waals surface area contributed by atoms with Gasteiger partial charge in [0.2, 0.25) is 0 Å². The van der Waals surface area contributed by atoms with Crippen molar-refractivity contribution in [1.82, 2.24) is 15.2 Å². The largest absolute Gasteiger partial charge is 0.469 e. The van der Waals surface area contributed by atoms with Crippen molar-refractivity contribution in [2.75, 3.05) is 0 Å². The molecule has 6 nitrogen and oxygen atoms in total. The maximum Gasteiger partial charge on any atom is 0.274 e. The zero-order chi connectivity index (χ0) is 17.8. The van der Waals surface area contributed by atoms with Gasteiger partial charge in [-0.3, -0.25) is 9.48 Å². The molecule has 1 aromatic carbocycles. The quantitative estimate of drug-likeness (QED) is 0.574. The van der Waals surface area contributed by atoms with Crippen LogP contribution in [0.15, 0.2) is 52.2 Å². The lowest BCUT2D eigenvalue weighted by atomic mass is 10.2. The Hall–Kier alpha value is -3.15. The third-order valence-corrected chi connectivity index (χ3v) is 4.08. The number of benzene rings is 1. The zero-order valence-corrected chi connectivity index (χ0v) is 14.5. The molecule has 6 heteroatoms. The molecule has 2 aromatic heterocycles. The van der Waals surface area contributed by atoms with Crippen molar-refractivity contribution in [2.24, 2.45) is 5.10 Å². The van der Waals surface area contributed by atoms with E-state index in [1.54, 1.807) is 19.2 Å².